The molecule has 0 spiro atoms. The number of hydrogen-bond donors (Lipinski definition) is 0. The first-order chi connectivity index (χ1) is 19.1. The Labute approximate surface area is 233 Å². The average Bonchev–Trinajstić information content (AvgIpc) is 3.65. The molecule has 0 bridgehead atoms. The van der Waals surface area contributed by atoms with Gasteiger partial charge < -0.3 is 4.74 Å². The minimum atomic E-state index is -0.221. The summed E-state index contributed by atoms with van der Waals surface area (Å²) in [7, 11) is 0. The van der Waals surface area contributed by atoms with Crippen molar-refractivity contribution in [2.75, 3.05) is 6.61 Å². The summed E-state index contributed by atoms with van der Waals surface area (Å²) in [6.45, 7) is 2.83. The number of unbranched alkanes of at least 4 members (excludes halogenated alkanes) is 1. The van der Waals surface area contributed by atoms with E-state index in [2.05, 4.69) is 17.0 Å². The highest BCUT2D eigenvalue weighted by molar-refractivity contribution is 7.15. The fourth-order valence-electron chi connectivity index (χ4n) is 4.17. The molecule has 0 amide bonds. The van der Waals surface area contributed by atoms with Gasteiger partial charge in [0.1, 0.15) is 11.4 Å². The van der Waals surface area contributed by atoms with E-state index in [4.69, 9.17) is 21.4 Å². The Morgan fingerprint density at radius 3 is 2.41 bits per heavy atom. The Morgan fingerprint density at radius 1 is 0.949 bits per heavy atom. The molecule has 0 aliphatic heterocycles. The number of ether oxygens (including phenoxy) is 1. The normalized spacial score (nSPS) is 11.9. The second kappa shape index (κ2) is 10.8. The minimum absolute atomic E-state index is 0.221. The van der Waals surface area contributed by atoms with Crippen molar-refractivity contribution >= 4 is 34.0 Å². The molecular formula is C30H24ClN5O2S. The number of benzene rings is 3. The Kier molecular flexibility index (Phi) is 6.96. The first-order valence-corrected chi connectivity index (χ1v) is 13.8. The van der Waals surface area contributed by atoms with E-state index >= 15 is 0 Å². The highest BCUT2D eigenvalue weighted by Gasteiger charge is 2.15. The van der Waals surface area contributed by atoms with E-state index in [-0.39, 0.29) is 5.56 Å². The third-order valence-electron chi connectivity index (χ3n) is 6.23. The van der Waals surface area contributed by atoms with Crippen molar-refractivity contribution < 1.29 is 4.74 Å². The molecule has 0 aliphatic rings. The lowest BCUT2D eigenvalue weighted by Gasteiger charge is -2.06. The van der Waals surface area contributed by atoms with Gasteiger partial charge in [0.25, 0.3) is 5.56 Å². The molecule has 3 heterocycles. The zero-order valence-electron chi connectivity index (χ0n) is 21.1. The van der Waals surface area contributed by atoms with Crippen molar-refractivity contribution in [3.05, 3.63) is 111 Å². The van der Waals surface area contributed by atoms with Crippen LogP contribution in [0.2, 0.25) is 5.02 Å². The summed E-state index contributed by atoms with van der Waals surface area (Å²) in [4.78, 5) is 18.4. The summed E-state index contributed by atoms with van der Waals surface area (Å²) in [6, 6.07) is 25.0. The van der Waals surface area contributed by atoms with Gasteiger partial charge in [-0.3, -0.25) is 4.79 Å². The van der Waals surface area contributed by atoms with Crippen LogP contribution in [0.5, 0.6) is 5.75 Å². The quantitative estimate of drug-likeness (QED) is 0.214. The highest BCUT2D eigenvalue weighted by atomic mass is 35.5. The van der Waals surface area contributed by atoms with Crippen LogP contribution in [0.1, 0.15) is 25.3 Å². The van der Waals surface area contributed by atoms with Crippen LogP contribution in [0, 0.1) is 0 Å². The van der Waals surface area contributed by atoms with Crippen molar-refractivity contribution in [2.24, 2.45) is 0 Å². The number of fused-ring (bicyclic) bond motifs is 1. The first kappa shape index (κ1) is 25.0. The van der Waals surface area contributed by atoms with E-state index < -0.39 is 0 Å². The van der Waals surface area contributed by atoms with Crippen LogP contribution in [-0.2, 0) is 0 Å². The molecule has 0 radical (unpaired) electrons. The van der Waals surface area contributed by atoms with Crippen molar-refractivity contribution in [1.82, 2.24) is 24.4 Å². The Hall–Kier alpha value is -4.27. The van der Waals surface area contributed by atoms with Gasteiger partial charge >= 0.3 is 0 Å². The molecule has 39 heavy (non-hydrogen) atoms. The van der Waals surface area contributed by atoms with Crippen LogP contribution in [0.4, 0.5) is 0 Å². The fraction of sp³-hybridized carbons (Fsp3) is 0.133. The maximum absolute atomic E-state index is 13.3. The zero-order chi connectivity index (χ0) is 26.8. The lowest BCUT2D eigenvalue weighted by Crippen LogP contribution is -2.23. The number of rotatable bonds is 8. The molecule has 3 aromatic heterocycles. The molecule has 0 saturated heterocycles. The minimum Gasteiger partial charge on any atom is -0.494 e. The molecule has 194 valence electrons. The summed E-state index contributed by atoms with van der Waals surface area (Å²) in [5.41, 5.74) is 4.01. The van der Waals surface area contributed by atoms with Gasteiger partial charge in [-0.1, -0.05) is 54.5 Å². The van der Waals surface area contributed by atoms with Crippen LogP contribution in [-0.4, -0.2) is 31.0 Å². The maximum atomic E-state index is 13.3. The van der Waals surface area contributed by atoms with E-state index in [1.807, 2.05) is 83.7 Å². The van der Waals surface area contributed by atoms with Crippen molar-refractivity contribution in [3.8, 4) is 34.1 Å². The van der Waals surface area contributed by atoms with Crippen LogP contribution >= 0.6 is 22.9 Å². The number of thiazole rings is 1. The van der Waals surface area contributed by atoms with Gasteiger partial charge in [0.15, 0.2) is 5.82 Å². The molecule has 3 aromatic carbocycles. The predicted molar refractivity (Wildman–Crippen MR) is 156 cm³/mol. The summed E-state index contributed by atoms with van der Waals surface area (Å²) in [6.07, 6.45) is 5.89. The molecule has 0 atom stereocenters. The van der Waals surface area contributed by atoms with E-state index in [0.29, 0.717) is 26.9 Å². The number of para-hydroxylation sites is 1. The third-order valence-corrected chi connectivity index (χ3v) is 7.44. The SMILES string of the molecule is CCCCOc1ccc(-c2nn(-c3ccccc3)cc2C=c2sc3nc(-c4ccc(Cl)cc4)nn3c2=O)cc1. The van der Waals surface area contributed by atoms with Gasteiger partial charge in [0.2, 0.25) is 4.96 Å². The van der Waals surface area contributed by atoms with Crippen molar-refractivity contribution in [2.45, 2.75) is 19.8 Å². The number of aromatic nitrogens is 5. The van der Waals surface area contributed by atoms with Crippen molar-refractivity contribution in [3.63, 3.8) is 0 Å². The summed E-state index contributed by atoms with van der Waals surface area (Å²) < 4.78 is 9.54. The van der Waals surface area contributed by atoms with Gasteiger partial charge in [0, 0.05) is 27.9 Å². The summed E-state index contributed by atoms with van der Waals surface area (Å²) in [5, 5.41) is 9.97. The maximum Gasteiger partial charge on any atom is 0.291 e. The van der Waals surface area contributed by atoms with Gasteiger partial charge in [0.05, 0.1) is 16.8 Å². The van der Waals surface area contributed by atoms with E-state index in [9.17, 15) is 4.79 Å². The molecule has 0 aliphatic carbocycles. The molecule has 6 rings (SSSR count). The molecule has 0 N–H and O–H groups in total. The molecule has 0 unspecified atom stereocenters. The van der Waals surface area contributed by atoms with Crippen LogP contribution in [0.3, 0.4) is 0 Å². The predicted octanol–water partition coefficient (Wildman–Crippen LogP) is 6.05. The molecule has 0 fully saturated rings. The zero-order valence-corrected chi connectivity index (χ0v) is 22.7. The van der Waals surface area contributed by atoms with Crippen LogP contribution < -0.4 is 14.8 Å². The second-order valence-corrected chi connectivity index (χ2v) is 10.4. The van der Waals surface area contributed by atoms with Gasteiger partial charge in [-0.25, -0.2) is 4.68 Å². The van der Waals surface area contributed by atoms with E-state index in [0.717, 1.165) is 46.7 Å². The second-order valence-electron chi connectivity index (χ2n) is 8.99. The van der Waals surface area contributed by atoms with Gasteiger partial charge in [-0.15, -0.1) is 5.10 Å². The smallest absolute Gasteiger partial charge is 0.291 e. The molecule has 0 saturated carbocycles. The van der Waals surface area contributed by atoms with Gasteiger partial charge in [-0.2, -0.15) is 14.6 Å². The molecule has 7 nitrogen and oxygen atoms in total. The molecular weight excluding hydrogens is 530 g/mol. The summed E-state index contributed by atoms with van der Waals surface area (Å²) >= 11 is 7.30. The lowest BCUT2D eigenvalue weighted by atomic mass is 10.1. The van der Waals surface area contributed by atoms with E-state index in [1.165, 1.54) is 15.9 Å². The lowest BCUT2D eigenvalue weighted by molar-refractivity contribution is 0.309. The van der Waals surface area contributed by atoms with Crippen molar-refractivity contribution in [1.29, 1.82) is 0 Å². The number of nitrogens with zero attached hydrogens (tertiary/aromatic N) is 5. The monoisotopic (exact) mass is 553 g/mol. The summed E-state index contributed by atoms with van der Waals surface area (Å²) in [5.74, 6) is 1.31. The standard InChI is InChI=1S/C30H24ClN5O2S/c1-2-3-17-38-25-15-11-20(12-16-25)27-22(19-35(33-27)24-7-5-4-6-8-24)18-26-29(37)36-30(39-26)32-28(34-36)21-9-13-23(31)14-10-21/h4-16,18-19H,2-3,17H2,1H3. The number of halogens is 1. The Balaban J connectivity index is 1.40. The molecule has 6 aromatic rings. The van der Waals surface area contributed by atoms with Gasteiger partial charge in [-0.05, 0) is 73.2 Å². The molecule has 9 heteroatoms. The first-order valence-electron chi connectivity index (χ1n) is 12.6. The number of hydrogen-bond acceptors (Lipinski definition) is 6. The topological polar surface area (TPSA) is 74.3 Å². The Bertz CT molecular complexity index is 1840. The van der Waals surface area contributed by atoms with Crippen LogP contribution in [0.25, 0.3) is 39.4 Å². The third kappa shape index (κ3) is 5.21. The van der Waals surface area contributed by atoms with Crippen LogP contribution in [0.15, 0.2) is 89.9 Å². The Morgan fingerprint density at radius 2 is 1.69 bits per heavy atom. The average molecular weight is 554 g/mol. The van der Waals surface area contributed by atoms with E-state index in [1.54, 1.807) is 12.1 Å². The highest BCUT2D eigenvalue weighted by Crippen LogP contribution is 2.27. The largest absolute Gasteiger partial charge is 0.494 e. The fourth-order valence-corrected chi connectivity index (χ4v) is 5.19.